The van der Waals surface area contributed by atoms with Gasteiger partial charge in [0.1, 0.15) is 5.60 Å². The number of carboxylic acid groups (broad SMARTS) is 1. The van der Waals surface area contributed by atoms with Gasteiger partial charge in [-0.15, -0.1) is 0 Å². The lowest BCUT2D eigenvalue weighted by Gasteiger charge is -2.20. The molecule has 0 fully saturated rings. The van der Waals surface area contributed by atoms with Gasteiger partial charge in [-0.3, -0.25) is 0 Å². The molecule has 0 saturated heterocycles. The molecule has 0 spiro atoms. The van der Waals surface area contributed by atoms with Crippen LogP contribution in [-0.2, 0) is 11.2 Å². The molecule has 1 amide bonds. The van der Waals surface area contributed by atoms with Crippen molar-refractivity contribution < 1.29 is 24.0 Å². The normalized spacial score (nSPS) is 12.8. The number of rotatable bonds is 6. The van der Waals surface area contributed by atoms with E-state index in [1.807, 2.05) is 6.92 Å². The standard InChI is InChI=1S/C14H22N2O5/c1-9(8-15-13(19)20-14(2,3)4)5-6-10-7-11(12(17)18)21-16-10/h7,9H,5-6,8H2,1-4H3,(H,15,19)(H,17,18). The first-order valence-corrected chi connectivity index (χ1v) is 6.83. The molecule has 7 heteroatoms. The molecule has 0 aliphatic heterocycles. The molecule has 0 aliphatic rings. The van der Waals surface area contributed by atoms with E-state index < -0.39 is 17.7 Å². The van der Waals surface area contributed by atoms with Crippen LogP contribution in [0.25, 0.3) is 0 Å². The van der Waals surface area contributed by atoms with Crippen LogP contribution in [0.15, 0.2) is 10.6 Å². The van der Waals surface area contributed by atoms with Crippen molar-refractivity contribution in [2.24, 2.45) is 5.92 Å². The Morgan fingerprint density at radius 3 is 2.67 bits per heavy atom. The maximum atomic E-state index is 11.5. The smallest absolute Gasteiger partial charge is 0.407 e. The largest absolute Gasteiger partial charge is 0.475 e. The van der Waals surface area contributed by atoms with E-state index in [0.717, 1.165) is 6.42 Å². The van der Waals surface area contributed by atoms with Crippen LogP contribution in [0.5, 0.6) is 0 Å². The predicted molar refractivity (Wildman–Crippen MR) is 75.2 cm³/mol. The summed E-state index contributed by atoms with van der Waals surface area (Å²) in [4.78, 5) is 22.1. The summed E-state index contributed by atoms with van der Waals surface area (Å²) in [7, 11) is 0. The molecule has 1 rings (SSSR count). The zero-order valence-corrected chi connectivity index (χ0v) is 12.8. The highest BCUT2D eigenvalue weighted by Crippen LogP contribution is 2.11. The van der Waals surface area contributed by atoms with E-state index >= 15 is 0 Å². The Bertz CT molecular complexity index is 490. The van der Waals surface area contributed by atoms with Gasteiger partial charge in [0.2, 0.25) is 5.76 Å². The number of carbonyl (C=O) groups is 2. The second-order valence-corrected chi connectivity index (χ2v) is 6.01. The van der Waals surface area contributed by atoms with Crippen LogP contribution < -0.4 is 5.32 Å². The quantitative estimate of drug-likeness (QED) is 0.836. The van der Waals surface area contributed by atoms with Crippen LogP contribution in [0, 0.1) is 5.92 Å². The SMILES string of the molecule is CC(CCc1cc(C(=O)O)on1)CNC(=O)OC(C)(C)C. The number of aryl methyl sites for hydroxylation is 1. The Morgan fingerprint density at radius 1 is 1.48 bits per heavy atom. The number of nitrogens with zero attached hydrogens (tertiary/aromatic N) is 1. The molecule has 1 heterocycles. The Balaban J connectivity index is 2.29. The third-order valence-electron chi connectivity index (χ3n) is 2.66. The number of alkyl carbamates (subject to hydrolysis) is 1. The minimum Gasteiger partial charge on any atom is -0.475 e. The van der Waals surface area contributed by atoms with Crippen LogP contribution in [0.2, 0.25) is 0 Å². The van der Waals surface area contributed by atoms with Crippen LogP contribution >= 0.6 is 0 Å². The van der Waals surface area contributed by atoms with Gasteiger partial charge in [0, 0.05) is 12.6 Å². The van der Waals surface area contributed by atoms with Crippen molar-refractivity contribution in [1.82, 2.24) is 10.5 Å². The van der Waals surface area contributed by atoms with Crippen molar-refractivity contribution in [3.63, 3.8) is 0 Å². The molecule has 118 valence electrons. The second-order valence-electron chi connectivity index (χ2n) is 6.01. The Kier molecular flexibility index (Phi) is 5.75. The van der Waals surface area contributed by atoms with E-state index in [9.17, 15) is 9.59 Å². The number of nitrogens with one attached hydrogen (secondary N) is 1. The molecule has 1 aromatic rings. The lowest BCUT2D eigenvalue weighted by atomic mass is 10.0. The number of aromatic nitrogens is 1. The van der Waals surface area contributed by atoms with Crippen LogP contribution in [0.4, 0.5) is 4.79 Å². The maximum Gasteiger partial charge on any atom is 0.407 e. The summed E-state index contributed by atoms with van der Waals surface area (Å²) in [5.41, 5.74) is 0.0814. The van der Waals surface area contributed by atoms with Crippen molar-refractivity contribution in [3.05, 3.63) is 17.5 Å². The van der Waals surface area contributed by atoms with E-state index in [4.69, 9.17) is 9.84 Å². The molecule has 1 aromatic heterocycles. The fraction of sp³-hybridized carbons (Fsp3) is 0.643. The van der Waals surface area contributed by atoms with E-state index in [0.29, 0.717) is 18.7 Å². The molecule has 0 aromatic carbocycles. The van der Waals surface area contributed by atoms with E-state index in [1.54, 1.807) is 20.8 Å². The van der Waals surface area contributed by atoms with Gasteiger partial charge < -0.3 is 19.7 Å². The molecular formula is C14H22N2O5. The van der Waals surface area contributed by atoms with E-state index in [1.165, 1.54) is 6.07 Å². The van der Waals surface area contributed by atoms with Gasteiger partial charge in [-0.25, -0.2) is 9.59 Å². The molecule has 0 bridgehead atoms. The average Bonchev–Trinajstić information content (AvgIpc) is 2.80. The minimum absolute atomic E-state index is 0.162. The van der Waals surface area contributed by atoms with Crippen molar-refractivity contribution in [2.75, 3.05) is 6.54 Å². The molecule has 0 saturated carbocycles. The first-order valence-electron chi connectivity index (χ1n) is 6.83. The summed E-state index contributed by atoms with van der Waals surface area (Å²) in [5, 5.41) is 15.1. The molecule has 2 N–H and O–H groups in total. The Morgan fingerprint density at radius 2 is 2.14 bits per heavy atom. The highest BCUT2D eigenvalue weighted by atomic mass is 16.6. The van der Waals surface area contributed by atoms with Gasteiger partial charge in [-0.2, -0.15) is 0 Å². The number of amides is 1. The minimum atomic E-state index is -1.13. The summed E-state index contributed by atoms with van der Waals surface area (Å²) in [5.74, 6) is -1.08. The predicted octanol–water partition coefficient (Wildman–Crippen LogP) is 2.47. The number of hydrogen-bond donors (Lipinski definition) is 2. The number of aromatic carboxylic acids is 1. The maximum absolute atomic E-state index is 11.5. The van der Waals surface area contributed by atoms with E-state index in [2.05, 4.69) is 15.0 Å². The highest BCUT2D eigenvalue weighted by Gasteiger charge is 2.17. The fourth-order valence-electron chi connectivity index (χ4n) is 1.60. The molecule has 1 unspecified atom stereocenters. The highest BCUT2D eigenvalue weighted by molar-refractivity contribution is 5.84. The van der Waals surface area contributed by atoms with Crippen LogP contribution in [-0.4, -0.2) is 34.5 Å². The number of carboxylic acids is 1. The first kappa shape index (κ1) is 17.0. The molecule has 7 nitrogen and oxygen atoms in total. The van der Waals surface area contributed by atoms with E-state index in [-0.39, 0.29) is 11.7 Å². The zero-order valence-electron chi connectivity index (χ0n) is 12.8. The zero-order chi connectivity index (χ0) is 16.0. The summed E-state index contributed by atoms with van der Waals surface area (Å²) in [6.07, 6.45) is 0.902. The van der Waals surface area contributed by atoms with Gasteiger partial charge in [-0.05, 0) is 39.5 Å². The van der Waals surface area contributed by atoms with Gasteiger partial charge in [0.05, 0.1) is 5.69 Å². The molecule has 21 heavy (non-hydrogen) atoms. The lowest BCUT2D eigenvalue weighted by molar-refractivity contribution is 0.0519. The third-order valence-corrected chi connectivity index (χ3v) is 2.66. The van der Waals surface area contributed by atoms with Crippen molar-refractivity contribution >= 4 is 12.1 Å². The van der Waals surface area contributed by atoms with Gasteiger partial charge >= 0.3 is 12.1 Å². The number of hydrogen-bond acceptors (Lipinski definition) is 5. The first-order chi connectivity index (χ1) is 9.67. The van der Waals surface area contributed by atoms with Crippen molar-refractivity contribution in [2.45, 2.75) is 46.1 Å². The average molecular weight is 298 g/mol. The number of carbonyl (C=O) groups excluding carboxylic acids is 1. The Hall–Kier alpha value is -2.05. The van der Waals surface area contributed by atoms with Gasteiger partial charge in [0.15, 0.2) is 0 Å². The van der Waals surface area contributed by atoms with Gasteiger partial charge in [-0.1, -0.05) is 12.1 Å². The Labute approximate surface area is 123 Å². The lowest BCUT2D eigenvalue weighted by Crippen LogP contribution is -2.34. The summed E-state index contributed by atoms with van der Waals surface area (Å²) in [6.45, 7) is 7.88. The van der Waals surface area contributed by atoms with Crippen LogP contribution in [0.1, 0.15) is 50.4 Å². The molecule has 0 aliphatic carbocycles. The summed E-state index contributed by atoms with van der Waals surface area (Å²) < 4.78 is 9.81. The molecule has 1 atom stereocenters. The third kappa shape index (κ3) is 6.78. The fourth-order valence-corrected chi connectivity index (χ4v) is 1.60. The second kappa shape index (κ2) is 7.10. The van der Waals surface area contributed by atoms with Crippen molar-refractivity contribution in [3.8, 4) is 0 Å². The summed E-state index contributed by atoms with van der Waals surface area (Å²) >= 11 is 0. The van der Waals surface area contributed by atoms with Crippen molar-refractivity contribution in [1.29, 1.82) is 0 Å². The molecule has 0 radical (unpaired) electrons. The monoisotopic (exact) mass is 298 g/mol. The molecular weight excluding hydrogens is 276 g/mol. The van der Waals surface area contributed by atoms with Crippen LogP contribution in [0.3, 0.4) is 0 Å². The summed E-state index contributed by atoms with van der Waals surface area (Å²) in [6, 6.07) is 1.41. The number of ether oxygens (including phenoxy) is 1. The van der Waals surface area contributed by atoms with Gasteiger partial charge in [0.25, 0.3) is 0 Å². The topological polar surface area (TPSA) is 102 Å².